The lowest BCUT2D eigenvalue weighted by atomic mass is 10.1. The molecule has 1 N–H and O–H groups in total. The molecule has 0 unspecified atom stereocenters. The van der Waals surface area contributed by atoms with Crippen LogP contribution in [-0.4, -0.2) is 30.5 Å². The van der Waals surface area contributed by atoms with E-state index in [-0.39, 0.29) is 5.91 Å². The number of amides is 1. The lowest BCUT2D eigenvalue weighted by Gasteiger charge is -2.28. The van der Waals surface area contributed by atoms with Gasteiger partial charge in [-0.2, -0.15) is 0 Å². The number of anilines is 1. The van der Waals surface area contributed by atoms with Gasteiger partial charge in [-0.3, -0.25) is 4.79 Å². The van der Waals surface area contributed by atoms with Crippen LogP contribution in [0, 0.1) is 0 Å². The Morgan fingerprint density at radius 1 is 1.08 bits per heavy atom. The number of hydrogen-bond donors (Lipinski definition) is 1. The van der Waals surface area contributed by atoms with Gasteiger partial charge in [0.1, 0.15) is 5.69 Å². The number of carbonyl (C=O) groups excluding carboxylic acids is 1. The molecule has 4 nitrogen and oxygen atoms in total. The first kappa shape index (κ1) is 16.8. The Kier molecular flexibility index (Phi) is 5.70. The number of halogens is 1. The lowest BCUT2D eigenvalue weighted by Crippen LogP contribution is -2.30. The van der Waals surface area contributed by atoms with Crippen molar-refractivity contribution in [3.05, 3.63) is 58.9 Å². The summed E-state index contributed by atoms with van der Waals surface area (Å²) in [4.78, 5) is 18.8. The number of benzene rings is 1. The highest BCUT2D eigenvalue weighted by molar-refractivity contribution is 6.30. The van der Waals surface area contributed by atoms with Crippen LogP contribution in [0.4, 0.5) is 5.69 Å². The van der Waals surface area contributed by atoms with Gasteiger partial charge in [0.25, 0.3) is 5.91 Å². The van der Waals surface area contributed by atoms with Crippen LogP contribution < -0.4 is 10.2 Å². The van der Waals surface area contributed by atoms with E-state index in [0.29, 0.717) is 12.2 Å². The monoisotopic (exact) mass is 343 g/mol. The molecule has 0 saturated carbocycles. The quantitative estimate of drug-likeness (QED) is 0.900. The Morgan fingerprint density at radius 3 is 2.50 bits per heavy atom. The summed E-state index contributed by atoms with van der Waals surface area (Å²) in [6.07, 6.45) is 6.34. The molecule has 2 aromatic rings. The van der Waals surface area contributed by atoms with Crippen LogP contribution in [0.25, 0.3) is 0 Å². The van der Waals surface area contributed by atoms with Gasteiger partial charge in [0.15, 0.2) is 0 Å². The molecule has 2 heterocycles. The fraction of sp³-hybridized carbons (Fsp3) is 0.368. The highest BCUT2D eigenvalue weighted by Crippen LogP contribution is 2.18. The molecule has 1 aliphatic rings. The third-order valence-electron chi connectivity index (χ3n) is 4.31. The summed E-state index contributed by atoms with van der Waals surface area (Å²) in [6.45, 7) is 2.73. The topological polar surface area (TPSA) is 45.2 Å². The molecule has 5 heteroatoms. The van der Waals surface area contributed by atoms with Crippen molar-refractivity contribution in [2.45, 2.75) is 25.7 Å². The molecule has 24 heavy (non-hydrogen) atoms. The molecule has 126 valence electrons. The van der Waals surface area contributed by atoms with E-state index in [0.717, 1.165) is 35.8 Å². The second kappa shape index (κ2) is 8.15. The number of hydrogen-bond acceptors (Lipinski definition) is 3. The van der Waals surface area contributed by atoms with Gasteiger partial charge in [-0.1, -0.05) is 23.7 Å². The van der Waals surface area contributed by atoms with Crippen molar-refractivity contribution in [2.75, 3.05) is 24.5 Å². The molecule has 0 bridgehead atoms. The van der Waals surface area contributed by atoms with Gasteiger partial charge in [0.2, 0.25) is 0 Å². The van der Waals surface area contributed by atoms with Crippen molar-refractivity contribution < 1.29 is 4.79 Å². The maximum Gasteiger partial charge on any atom is 0.269 e. The van der Waals surface area contributed by atoms with Crippen molar-refractivity contribution in [1.29, 1.82) is 0 Å². The van der Waals surface area contributed by atoms with Gasteiger partial charge in [-0.05, 0) is 55.5 Å². The fourth-order valence-electron chi connectivity index (χ4n) is 2.92. The molecular formula is C19H22ClN3O. The number of aromatic nitrogens is 1. The summed E-state index contributed by atoms with van der Waals surface area (Å²) in [5.74, 6) is -0.130. The Balaban J connectivity index is 1.50. The van der Waals surface area contributed by atoms with E-state index in [1.54, 1.807) is 6.20 Å². The molecule has 3 rings (SSSR count). The van der Waals surface area contributed by atoms with Crippen LogP contribution in [0.3, 0.4) is 0 Å². The summed E-state index contributed by atoms with van der Waals surface area (Å²) in [5, 5.41) is 3.64. The van der Waals surface area contributed by atoms with Crippen LogP contribution in [0.1, 0.15) is 35.3 Å². The normalized spacial score (nSPS) is 14.5. The first-order chi connectivity index (χ1) is 11.7. The zero-order valence-corrected chi connectivity index (χ0v) is 14.4. The van der Waals surface area contributed by atoms with Gasteiger partial charge in [0, 0.05) is 24.7 Å². The molecule has 1 aliphatic heterocycles. The zero-order valence-electron chi connectivity index (χ0n) is 13.7. The maximum atomic E-state index is 12.2. The Morgan fingerprint density at radius 2 is 1.83 bits per heavy atom. The van der Waals surface area contributed by atoms with E-state index in [9.17, 15) is 4.79 Å². The van der Waals surface area contributed by atoms with Crippen LogP contribution in [0.15, 0.2) is 42.6 Å². The summed E-state index contributed by atoms with van der Waals surface area (Å²) >= 11 is 5.86. The molecule has 1 aromatic carbocycles. The number of nitrogens with zero attached hydrogens (tertiary/aromatic N) is 2. The molecule has 0 radical (unpaired) electrons. The van der Waals surface area contributed by atoms with Gasteiger partial charge < -0.3 is 10.2 Å². The van der Waals surface area contributed by atoms with E-state index < -0.39 is 0 Å². The highest BCUT2D eigenvalue weighted by Gasteiger charge is 2.12. The predicted molar refractivity (Wildman–Crippen MR) is 97.8 cm³/mol. The van der Waals surface area contributed by atoms with Crippen molar-refractivity contribution >= 4 is 23.2 Å². The third-order valence-corrected chi connectivity index (χ3v) is 4.57. The van der Waals surface area contributed by atoms with E-state index >= 15 is 0 Å². The SMILES string of the molecule is O=C(NCCc1ccc(Cl)cc1)c1ccc(N2CCCCC2)cn1. The Bertz CT molecular complexity index is 664. The van der Waals surface area contributed by atoms with E-state index in [4.69, 9.17) is 11.6 Å². The second-order valence-electron chi connectivity index (χ2n) is 6.08. The zero-order chi connectivity index (χ0) is 16.8. The summed E-state index contributed by atoms with van der Waals surface area (Å²) in [7, 11) is 0. The van der Waals surface area contributed by atoms with Crippen LogP contribution >= 0.6 is 11.6 Å². The van der Waals surface area contributed by atoms with Gasteiger partial charge >= 0.3 is 0 Å². The molecule has 1 amide bonds. The Hall–Kier alpha value is -2.07. The average molecular weight is 344 g/mol. The number of nitrogens with one attached hydrogen (secondary N) is 1. The van der Waals surface area contributed by atoms with E-state index in [2.05, 4.69) is 15.2 Å². The minimum absolute atomic E-state index is 0.130. The van der Waals surface area contributed by atoms with Gasteiger partial charge in [0.05, 0.1) is 11.9 Å². The van der Waals surface area contributed by atoms with Gasteiger partial charge in [-0.25, -0.2) is 4.98 Å². The largest absolute Gasteiger partial charge is 0.370 e. The van der Waals surface area contributed by atoms with Crippen molar-refractivity contribution in [3.63, 3.8) is 0 Å². The standard InChI is InChI=1S/C19H22ClN3O/c20-16-6-4-15(5-7-16)10-11-21-19(24)18-9-8-17(14-22-18)23-12-2-1-3-13-23/h4-9,14H,1-3,10-13H2,(H,21,24). The molecule has 1 fully saturated rings. The first-order valence-corrected chi connectivity index (χ1v) is 8.84. The Labute approximate surface area is 147 Å². The van der Waals surface area contributed by atoms with Crippen LogP contribution in [-0.2, 0) is 6.42 Å². The van der Waals surface area contributed by atoms with Crippen molar-refractivity contribution in [3.8, 4) is 0 Å². The summed E-state index contributed by atoms with van der Waals surface area (Å²) < 4.78 is 0. The lowest BCUT2D eigenvalue weighted by molar-refractivity contribution is 0.0949. The number of rotatable bonds is 5. The number of carbonyl (C=O) groups is 1. The second-order valence-corrected chi connectivity index (χ2v) is 6.52. The van der Waals surface area contributed by atoms with Crippen molar-refractivity contribution in [2.24, 2.45) is 0 Å². The van der Waals surface area contributed by atoms with Crippen LogP contribution in [0.5, 0.6) is 0 Å². The molecule has 1 aromatic heterocycles. The predicted octanol–water partition coefficient (Wildman–Crippen LogP) is 3.70. The fourth-order valence-corrected chi connectivity index (χ4v) is 3.05. The summed E-state index contributed by atoms with van der Waals surface area (Å²) in [5.41, 5.74) is 2.72. The van der Waals surface area contributed by atoms with Crippen LogP contribution in [0.2, 0.25) is 5.02 Å². The van der Waals surface area contributed by atoms with E-state index in [1.165, 1.54) is 19.3 Å². The van der Waals surface area contributed by atoms with E-state index in [1.807, 2.05) is 36.4 Å². The minimum atomic E-state index is -0.130. The number of piperidine rings is 1. The first-order valence-electron chi connectivity index (χ1n) is 8.46. The molecule has 1 saturated heterocycles. The molecular weight excluding hydrogens is 322 g/mol. The summed E-state index contributed by atoms with van der Waals surface area (Å²) in [6, 6.07) is 11.5. The molecule has 0 spiro atoms. The maximum absolute atomic E-state index is 12.2. The number of pyridine rings is 1. The third kappa shape index (κ3) is 4.48. The minimum Gasteiger partial charge on any atom is -0.370 e. The molecule has 0 aliphatic carbocycles. The average Bonchev–Trinajstić information content (AvgIpc) is 2.64. The van der Waals surface area contributed by atoms with Gasteiger partial charge in [-0.15, -0.1) is 0 Å². The smallest absolute Gasteiger partial charge is 0.269 e. The van der Waals surface area contributed by atoms with Crippen molar-refractivity contribution in [1.82, 2.24) is 10.3 Å². The molecule has 0 atom stereocenters. The highest BCUT2D eigenvalue weighted by atomic mass is 35.5.